The summed E-state index contributed by atoms with van der Waals surface area (Å²) in [5.41, 5.74) is 1.60. The number of guanidine groups is 1. The maximum Gasteiger partial charge on any atom is 0.251 e. The van der Waals surface area contributed by atoms with Gasteiger partial charge in [0.15, 0.2) is 17.5 Å². The van der Waals surface area contributed by atoms with E-state index in [-0.39, 0.29) is 23.6 Å². The molecule has 1 amide bonds. The van der Waals surface area contributed by atoms with Gasteiger partial charge in [0.2, 0.25) is 0 Å². The van der Waals surface area contributed by atoms with E-state index in [1.807, 2.05) is 32.0 Å². The molecule has 0 bridgehead atoms. The summed E-state index contributed by atoms with van der Waals surface area (Å²) in [6.07, 6.45) is 0.643. The Balaban J connectivity index is 1.83. The number of hydrogen-bond donors (Lipinski definition) is 3. The van der Waals surface area contributed by atoms with E-state index < -0.39 is 0 Å². The van der Waals surface area contributed by atoms with Crippen molar-refractivity contribution in [1.82, 2.24) is 16.0 Å². The molecule has 3 N–H and O–H groups in total. The van der Waals surface area contributed by atoms with Crippen molar-refractivity contribution in [2.45, 2.75) is 32.9 Å². The lowest BCUT2D eigenvalue weighted by Crippen LogP contribution is -2.41. The van der Waals surface area contributed by atoms with E-state index in [9.17, 15) is 9.18 Å². The van der Waals surface area contributed by atoms with Gasteiger partial charge in [-0.05, 0) is 43.2 Å². The first kappa shape index (κ1) is 22.2. The Kier molecular flexibility index (Phi) is 8.95. The zero-order chi connectivity index (χ0) is 21.1. The number of aliphatic imine (C=N–C) groups is 1. The van der Waals surface area contributed by atoms with Crippen LogP contribution >= 0.6 is 0 Å². The van der Waals surface area contributed by atoms with Crippen LogP contribution in [0, 0.1) is 5.82 Å². The standard InChI is InChI=1S/C22H29FN4O2/c1-4-12-25-21(28)18-9-7-8-17(13-18)15-27-22(24-3)26-14-16(2)29-20-11-6-5-10-19(20)23/h5-11,13,16H,4,12,14-15H2,1-3H3,(H,25,28)(H2,24,26,27). The Bertz CT molecular complexity index is 826. The number of rotatable bonds is 9. The van der Waals surface area contributed by atoms with Crippen LogP contribution < -0.4 is 20.7 Å². The molecule has 0 aromatic heterocycles. The monoisotopic (exact) mass is 400 g/mol. The summed E-state index contributed by atoms with van der Waals surface area (Å²) < 4.78 is 19.3. The van der Waals surface area contributed by atoms with Crippen LogP contribution in [-0.4, -0.2) is 38.1 Å². The molecular formula is C22H29FN4O2. The molecule has 1 atom stereocenters. The van der Waals surface area contributed by atoms with E-state index in [0.29, 0.717) is 31.2 Å². The summed E-state index contributed by atoms with van der Waals surface area (Å²) in [5.74, 6) is 0.359. The van der Waals surface area contributed by atoms with Crippen molar-refractivity contribution in [2.75, 3.05) is 20.1 Å². The van der Waals surface area contributed by atoms with Crippen molar-refractivity contribution in [1.29, 1.82) is 0 Å². The molecule has 29 heavy (non-hydrogen) atoms. The Hall–Kier alpha value is -3.09. The summed E-state index contributed by atoms with van der Waals surface area (Å²) in [6.45, 7) is 5.49. The minimum Gasteiger partial charge on any atom is -0.486 e. The van der Waals surface area contributed by atoms with E-state index >= 15 is 0 Å². The summed E-state index contributed by atoms with van der Waals surface area (Å²) in [4.78, 5) is 16.3. The number of benzene rings is 2. The van der Waals surface area contributed by atoms with Gasteiger partial charge in [0, 0.05) is 25.7 Å². The van der Waals surface area contributed by atoms with E-state index in [1.54, 1.807) is 31.3 Å². The van der Waals surface area contributed by atoms with Crippen LogP contribution in [0.1, 0.15) is 36.2 Å². The number of carbonyl (C=O) groups excluding carboxylic acids is 1. The quantitative estimate of drug-likeness (QED) is 0.447. The van der Waals surface area contributed by atoms with Crippen LogP contribution in [0.25, 0.3) is 0 Å². The van der Waals surface area contributed by atoms with Crippen LogP contribution in [-0.2, 0) is 6.54 Å². The van der Waals surface area contributed by atoms with Crippen LogP contribution in [0.5, 0.6) is 5.75 Å². The highest BCUT2D eigenvalue weighted by molar-refractivity contribution is 5.94. The number of nitrogens with one attached hydrogen (secondary N) is 3. The molecule has 0 radical (unpaired) electrons. The lowest BCUT2D eigenvalue weighted by Gasteiger charge is -2.18. The van der Waals surface area contributed by atoms with Crippen molar-refractivity contribution in [2.24, 2.45) is 4.99 Å². The van der Waals surface area contributed by atoms with Crippen LogP contribution in [0.3, 0.4) is 0 Å². The average Bonchev–Trinajstić information content (AvgIpc) is 2.74. The van der Waals surface area contributed by atoms with E-state index in [2.05, 4.69) is 20.9 Å². The first-order valence-electron chi connectivity index (χ1n) is 9.76. The second-order valence-electron chi connectivity index (χ2n) is 6.62. The Morgan fingerprint density at radius 3 is 2.66 bits per heavy atom. The van der Waals surface area contributed by atoms with Gasteiger partial charge >= 0.3 is 0 Å². The highest BCUT2D eigenvalue weighted by atomic mass is 19.1. The third-order valence-electron chi connectivity index (χ3n) is 4.13. The zero-order valence-corrected chi connectivity index (χ0v) is 17.2. The van der Waals surface area contributed by atoms with Gasteiger partial charge in [-0.1, -0.05) is 31.2 Å². The van der Waals surface area contributed by atoms with Crippen LogP contribution in [0.15, 0.2) is 53.5 Å². The van der Waals surface area contributed by atoms with Crippen LogP contribution in [0.4, 0.5) is 4.39 Å². The molecule has 0 aliphatic heterocycles. The van der Waals surface area contributed by atoms with Crippen molar-refractivity contribution < 1.29 is 13.9 Å². The summed E-state index contributed by atoms with van der Waals surface area (Å²) in [7, 11) is 1.67. The van der Waals surface area contributed by atoms with Gasteiger partial charge in [-0.3, -0.25) is 9.79 Å². The number of halogens is 1. The number of ether oxygens (including phenoxy) is 1. The maximum absolute atomic E-state index is 13.7. The topological polar surface area (TPSA) is 74.8 Å². The van der Waals surface area contributed by atoms with E-state index in [4.69, 9.17) is 4.74 Å². The lowest BCUT2D eigenvalue weighted by molar-refractivity contribution is 0.0953. The second-order valence-corrected chi connectivity index (χ2v) is 6.62. The van der Waals surface area contributed by atoms with Crippen molar-refractivity contribution in [3.05, 3.63) is 65.5 Å². The molecule has 0 spiro atoms. The molecule has 2 rings (SSSR count). The van der Waals surface area contributed by atoms with Crippen molar-refractivity contribution in [3.8, 4) is 5.75 Å². The van der Waals surface area contributed by atoms with Gasteiger partial charge < -0.3 is 20.7 Å². The van der Waals surface area contributed by atoms with Gasteiger partial charge in [-0.15, -0.1) is 0 Å². The summed E-state index contributed by atoms with van der Waals surface area (Å²) in [6, 6.07) is 13.8. The maximum atomic E-state index is 13.7. The Morgan fingerprint density at radius 1 is 1.14 bits per heavy atom. The van der Waals surface area contributed by atoms with E-state index in [0.717, 1.165) is 12.0 Å². The fourth-order valence-electron chi connectivity index (χ4n) is 2.61. The predicted octanol–water partition coefficient (Wildman–Crippen LogP) is 3.10. The van der Waals surface area contributed by atoms with Crippen molar-refractivity contribution in [3.63, 3.8) is 0 Å². The fourth-order valence-corrected chi connectivity index (χ4v) is 2.61. The largest absolute Gasteiger partial charge is 0.486 e. The molecule has 0 saturated carbocycles. The molecule has 0 heterocycles. The molecular weight excluding hydrogens is 371 g/mol. The molecule has 0 saturated heterocycles. The normalized spacial score (nSPS) is 12.2. The lowest BCUT2D eigenvalue weighted by atomic mass is 10.1. The fraction of sp³-hybridized carbons (Fsp3) is 0.364. The van der Waals surface area contributed by atoms with Gasteiger partial charge in [-0.25, -0.2) is 4.39 Å². The number of nitrogens with zero attached hydrogens (tertiary/aromatic N) is 1. The third kappa shape index (κ3) is 7.44. The molecule has 156 valence electrons. The number of amides is 1. The highest BCUT2D eigenvalue weighted by Crippen LogP contribution is 2.16. The molecule has 7 heteroatoms. The van der Waals surface area contributed by atoms with Crippen LogP contribution in [0.2, 0.25) is 0 Å². The Morgan fingerprint density at radius 2 is 1.93 bits per heavy atom. The molecule has 6 nitrogen and oxygen atoms in total. The molecule has 0 aliphatic rings. The molecule has 2 aromatic rings. The van der Waals surface area contributed by atoms with E-state index in [1.165, 1.54) is 6.07 Å². The predicted molar refractivity (Wildman–Crippen MR) is 114 cm³/mol. The summed E-state index contributed by atoms with van der Waals surface area (Å²) >= 11 is 0. The summed E-state index contributed by atoms with van der Waals surface area (Å²) in [5, 5.41) is 9.23. The number of hydrogen-bond acceptors (Lipinski definition) is 3. The SMILES string of the molecule is CCCNC(=O)c1cccc(CNC(=NC)NCC(C)Oc2ccccc2F)c1. The van der Waals surface area contributed by atoms with Crippen molar-refractivity contribution >= 4 is 11.9 Å². The first-order valence-corrected chi connectivity index (χ1v) is 9.76. The van der Waals surface area contributed by atoms with Gasteiger partial charge in [0.05, 0.1) is 6.54 Å². The number of para-hydroxylation sites is 1. The minimum absolute atomic E-state index is 0.0738. The molecule has 1 unspecified atom stereocenters. The molecule has 0 aliphatic carbocycles. The molecule has 0 fully saturated rings. The van der Waals surface area contributed by atoms with Gasteiger partial charge in [0.25, 0.3) is 5.91 Å². The first-order chi connectivity index (χ1) is 14.0. The third-order valence-corrected chi connectivity index (χ3v) is 4.13. The second kappa shape index (κ2) is 11.7. The average molecular weight is 400 g/mol. The molecule has 2 aromatic carbocycles. The van der Waals surface area contributed by atoms with Gasteiger partial charge in [-0.2, -0.15) is 0 Å². The van der Waals surface area contributed by atoms with Gasteiger partial charge in [0.1, 0.15) is 6.10 Å². The highest BCUT2D eigenvalue weighted by Gasteiger charge is 2.09. The number of carbonyl (C=O) groups is 1. The Labute approximate surface area is 171 Å². The zero-order valence-electron chi connectivity index (χ0n) is 17.2. The smallest absolute Gasteiger partial charge is 0.251 e. The minimum atomic E-state index is -0.385.